The van der Waals surface area contributed by atoms with Gasteiger partial charge in [-0.1, -0.05) is 25.5 Å². The molecular formula is C20H21F13O2. The summed E-state index contributed by atoms with van der Waals surface area (Å²) in [6, 6.07) is 4.50. The summed E-state index contributed by atoms with van der Waals surface area (Å²) in [7, 11) is 0.670. The van der Waals surface area contributed by atoms with Crippen molar-refractivity contribution in [3.63, 3.8) is 0 Å². The lowest BCUT2D eigenvalue weighted by Gasteiger charge is -2.42. The van der Waals surface area contributed by atoms with Gasteiger partial charge in [-0.15, -0.1) is 0 Å². The van der Waals surface area contributed by atoms with E-state index in [1.807, 2.05) is 6.92 Å². The maximum absolute atomic E-state index is 14.4. The molecule has 0 saturated heterocycles. The van der Waals surface area contributed by atoms with Crippen LogP contribution in [0.2, 0.25) is 0 Å². The van der Waals surface area contributed by atoms with Crippen molar-refractivity contribution >= 4 is 0 Å². The zero-order valence-electron chi connectivity index (χ0n) is 18.4. The molecule has 0 aliphatic carbocycles. The van der Waals surface area contributed by atoms with E-state index in [0.717, 1.165) is 12.1 Å². The second-order valence-corrected chi connectivity index (χ2v) is 7.84. The predicted octanol–water partition coefficient (Wildman–Crippen LogP) is 7.86. The third-order valence-corrected chi connectivity index (χ3v) is 5.22. The number of benzene rings is 1. The second-order valence-electron chi connectivity index (χ2n) is 7.84. The minimum Gasteiger partial charge on any atom is -0.494 e. The number of unbranched alkanes of at least 4 members (excludes halogenated alkanes) is 1. The molecule has 0 amide bonds. The van der Waals surface area contributed by atoms with Gasteiger partial charge in [0.2, 0.25) is 0 Å². The topological polar surface area (TPSA) is 18.5 Å². The Morgan fingerprint density at radius 3 is 1.71 bits per heavy atom. The van der Waals surface area contributed by atoms with Crippen LogP contribution in [-0.4, -0.2) is 49.5 Å². The van der Waals surface area contributed by atoms with Gasteiger partial charge in [0.25, 0.3) is 0 Å². The molecule has 0 saturated carbocycles. The highest BCUT2D eigenvalue weighted by molar-refractivity contribution is 5.33. The number of methoxy groups -OCH3 is 1. The minimum atomic E-state index is -7.94. The standard InChI is InChI=1S/C20H21F13O2/c1-4-5-9-35-13-8-6-7-12(10-13)14(2,34-3)11-15(21,22)16(23,24)17(25,26)18(27,28)19(29,30)20(31,32)33/h6-8,10H,4-5,9,11H2,1-3H3. The van der Waals surface area contributed by atoms with E-state index >= 15 is 0 Å². The number of alkyl halides is 13. The summed E-state index contributed by atoms with van der Waals surface area (Å²) < 4.78 is 184. The molecule has 0 N–H and O–H groups in total. The molecule has 1 aromatic rings. The van der Waals surface area contributed by atoms with Crippen LogP contribution < -0.4 is 4.74 Å². The van der Waals surface area contributed by atoms with E-state index in [1.54, 1.807) is 0 Å². The molecule has 0 heterocycles. The predicted molar refractivity (Wildman–Crippen MR) is 96.6 cm³/mol. The van der Waals surface area contributed by atoms with Crippen molar-refractivity contribution in [2.24, 2.45) is 0 Å². The summed E-state index contributed by atoms with van der Waals surface area (Å²) in [5.74, 6) is -37.2. The zero-order valence-corrected chi connectivity index (χ0v) is 18.4. The zero-order chi connectivity index (χ0) is 27.7. The van der Waals surface area contributed by atoms with Gasteiger partial charge in [0.1, 0.15) is 5.75 Å². The number of ether oxygens (including phenoxy) is 2. The van der Waals surface area contributed by atoms with Gasteiger partial charge in [-0.2, -0.15) is 57.1 Å². The van der Waals surface area contributed by atoms with Crippen LogP contribution >= 0.6 is 0 Å². The van der Waals surface area contributed by atoms with Crippen molar-refractivity contribution in [2.45, 2.75) is 74.5 Å². The van der Waals surface area contributed by atoms with E-state index in [4.69, 9.17) is 9.47 Å². The molecule has 0 aliphatic rings. The Morgan fingerprint density at radius 2 is 1.26 bits per heavy atom. The minimum absolute atomic E-state index is 0.0102. The molecule has 0 radical (unpaired) electrons. The molecule has 1 atom stereocenters. The van der Waals surface area contributed by atoms with Gasteiger partial charge in [-0.3, -0.25) is 0 Å². The maximum Gasteiger partial charge on any atom is 0.460 e. The van der Waals surface area contributed by atoms with Gasteiger partial charge in [-0.05, 0) is 31.0 Å². The van der Waals surface area contributed by atoms with Crippen molar-refractivity contribution in [1.29, 1.82) is 0 Å². The van der Waals surface area contributed by atoms with Gasteiger partial charge in [0, 0.05) is 7.11 Å². The largest absolute Gasteiger partial charge is 0.494 e. The van der Waals surface area contributed by atoms with Crippen LogP contribution in [-0.2, 0) is 10.3 Å². The SMILES string of the molecule is CCCCOc1cccc(C(C)(CC(F)(F)C(F)(F)C(F)(F)C(F)(F)C(F)(F)C(F)(F)F)OC)c1. The Labute approximate surface area is 191 Å². The maximum atomic E-state index is 14.4. The van der Waals surface area contributed by atoms with Crippen molar-refractivity contribution in [3.05, 3.63) is 29.8 Å². The molecule has 0 bridgehead atoms. The first-order valence-electron chi connectivity index (χ1n) is 9.80. The quantitative estimate of drug-likeness (QED) is 0.199. The van der Waals surface area contributed by atoms with Crippen molar-refractivity contribution in [3.8, 4) is 5.75 Å². The fourth-order valence-corrected chi connectivity index (χ4v) is 2.88. The Bertz CT molecular complexity index is 852. The molecule has 204 valence electrons. The molecule has 1 aromatic carbocycles. The Balaban J connectivity index is 3.44. The average molecular weight is 540 g/mol. The van der Waals surface area contributed by atoms with Crippen LogP contribution in [0.3, 0.4) is 0 Å². The van der Waals surface area contributed by atoms with E-state index in [9.17, 15) is 57.1 Å². The third-order valence-electron chi connectivity index (χ3n) is 5.22. The smallest absolute Gasteiger partial charge is 0.460 e. The summed E-state index contributed by atoms with van der Waals surface area (Å²) in [5, 5.41) is 0. The Morgan fingerprint density at radius 1 is 0.743 bits per heavy atom. The molecule has 35 heavy (non-hydrogen) atoms. The second kappa shape index (κ2) is 9.85. The molecule has 0 fully saturated rings. The molecule has 15 heteroatoms. The van der Waals surface area contributed by atoms with E-state index in [-0.39, 0.29) is 17.9 Å². The summed E-state index contributed by atoms with van der Waals surface area (Å²) in [6.07, 6.45) is -8.71. The van der Waals surface area contributed by atoms with Gasteiger partial charge in [0.05, 0.1) is 18.6 Å². The van der Waals surface area contributed by atoms with Gasteiger partial charge in [-0.25, -0.2) is 0 Å². The van der Waals surface area contributed by atoms with E-state index in [2.05, 4.69) is 0 Å². The lowest BCUT2D eigenvalue weighted by molar-refractivity contribution is -0.441. The first-order chi connectivity index (χ1) is 15.6. The average Bonchev–Trinajstić information content (AvgIpc) is 2.72. The summed E-state index contributed by atoms with van der Waals surface area (Å²) in [4.78, 5) is 0. The van der Waals surface area contributed by atoms with Gasteiger partial charge < -0.3 is 9.47 Å². The third kappa shape index (κ3) is 5.43. The first kappa shape index (κ1) is 31.1. The van der Waals surface area contributed by atoms with Crippen LogP contribution in [0.1, 0.15) is 38.7 Å². The van der Waals surface area contributed by atoms with E-state index in [0.29, 0.717) is 26.9 Å². The fraction of sp³-hybridized carbons (Fsp3) is 0.700. The summed E-state index contributed by atoms with van der Waals surface area (Å²) >= 11 is 0. The van der Waals surface area contributed by atoms with Crippen molar-refractivity contribution in [2.75, 3.05) is 13.7 Å². The highest BCUT2D eigenvalue weighted by Crippen LogP contribution is 2.61. The molecule has 0 aromatic heterocycles. The molecular weight excluding hydrogens is 519 g/mol. The van der Waals surface area contributed by atoms with Crippen LogP contribution in [0.25, 0.3) is 0 Å². The highest BCUT2D eigenvalue weighted by Gasteiger charge is 2.90. The summed E-state index contributed by atoms with van der Waals surface area (Å²) in [5.41, 5.74) is -3.02. The van der Waals surface area contributed by atoms with Crippen LogP contribution in [0, 0.1) is 0 Å². The van der Waals surface area contributed by atoms with Crippen LogP contribution in [0.15, 0.2) is 24.3 Å². The molecule has 0 aliphatic heterocycles. The number of halogens is 13. The molecule has 0 spiro atoms. The van der Waals surface area contributed by atoms with Crippen molar-refractivity contribution < 1.29 is 66.5 Å². The molecule has 1 unspecified atom stereocenters. The number of rotatable bonds is 12. The van der Waals surface area contributed by atoms with Gasteiger partial charge in [0.15, 0.2) is 0 Å². The fourth-order valence-electron chi connectivity index (χ4n) is 2.88. The van der Waals surface area contributed by atoms with Crippen LogP contribution in [0.5, 0.6) is 5.75 Å². The number of hydrogen-bond donors (Lipinski definition) is 0. The van der Waals surface area contributed by atoms with E-state index < -0.39 is 47.8 Å². The first-order valence-corrected chi connectivity index (χ1v) is 9.80. The van der Waals surface area contributed by atoms with Crippen LogP contribution in [0.4, 0.5) is 57.1 Å². The van der Waals surface area contributed by atoms with Gasteiger partial charge >= 0.3 is 35.8 Å². The molecule has 1 rings (SSSR count). The monoisotopic (exact) mass is 540 g/mol. The Kier molecular flexibility index (Phi) is 8.75. The van der Waals surface area contributed by atoms with Crippen molar-refractivity contribution in [1.82, 2.24) is 0 Å². The number of hydrogen-bond acceptors (Lipinski definition) is 2. The lowest BCUT2D eigenvalue weighted by atomic mass is 9.84. The lowest BCUT2D eigenvalue weighted by Crippen LogP contribution is -2.70. The Hall–Kier alpha value is -1.93. The normalized spacial score (nSPS) is 16.2. The highest BCUT2D eigenvalue weighted by atomic mass is 19.4. The summed E-state index contributed by atoms with van der Waals surface area (Å²) in [6.45, 7) is 2.63. The van der Waals surface area contributed by atoms with E-state index in [1.165, 1.54) is 12.1 Å². The molecule has 2 nitrogen and oxygen atoms in total.